The molecule has 0 spiro atoms. The van der Waals surface area contributed by atoms with Crippen LogP contribution in [0.3, 0.4) is 0 Å². The van der Waals surface area contributed by atoms with E-state index in [0.717, 1.165) is 59.6 Å². The number of carbonyl (C=O) groups excluding carboxylic acids is 1. The van der Waals surface area contributed by atoms with Crippen LogP contribution in [0, 0.1) is 0 Å². The molecule has 6 heterocycles. The van der Waals surface area contributed by atoms with E-state index in [9.17, 15) is 9.18 Å². The van der Waals surface area contributed by atoms with E-state index in [2.05, 4.69) is 26.8 Å². The number of thiazole rings is 1. The number of ether oxygens (including phenoxy) is 3. The summed E-state index contributed by atoms with van der Waals surface area (Å²) in [5.74, 6) is 1.46. The summed E-state index contributed by atoms with van der Waals surface area (Å²) in [6.07, 6.45) is 3.11. The average molecular weight is 690 g/mol. The number of rotatable bonds is 7. The van der Waals surface area contributed by atoms with Gasteiger partial charge >= 0.3 is 12.1 Å². The van der Waals surface area contributed by atoms with E-state index in [-0.39, 0.29) is 29.7 Å². The van der Waals surface area contributed by atoms with Crippen LogP contribution in [0.25, 0.3) is 21.1 Å². The fraction of sp³-hybridized carbons (Fsp3) is 0.556. The van der Waals surface area contributed by atoms with Crippen LogP contribution in [0.1, 0.15) is 52.9 Å². The number of methoxy groups -OCH3 is 1. The standard InChI is InChI=1S/C36H44FN7O4S/c1-35(2,3)48-34(45)44-24-11-12-25(44)20-42(19-24)30-29-31(40-32(39-30)47-21-36-13-8-14-43(36)18-23(37)17-36)49-33(38-29)41(4)28-16-26(46-5)15-22-9-6-7-10-27(22)28/h6-7,9-10,15-16,23-25H,8,11-14,17-21H2,1-5H3/t23-,24?,25?,36+/m1/s1. The second-order valence-electron chi connectivity index (χ2n) is 14.9. The molecule has 260 valence electrons. The zero-order valence-electron chi connectivity index (χ0n) is 28.8. The Morgan fingerprint density at radius 3 is 2.63 bits per heavy atom. The summed E-state index contributed by atoms with van der Waals surface area (Å²) in [5, 5.41) is 2.91. The largest absolute Gasteiger partial charge is 0.497 e. The molecule has 2 aromatic heterocycles. The van der Waals surface area contributed by atoms with Gasteiger partial charge in [-0.05, 0) is 64.5 Å². The number of amides is 1. The Labute approximate surface area is 289 Å². The number of alkyl halides is 1. The van der Waals surface area contributed by atoms with Gasteiger partial charge in [0.1, 0.15) is 29.6 Å². The number of aromatic nitrogens is 3. The lowest BCUT2D eigenvalue weighted by Crippen LogP contribution is -2.57. The molecule has 8 rings (SSSR count). The van der Waals surface area contributed by atoms with Crippen molar-refractivity contribution in [1.29, 1.82) is 0 Å². The van der Waals surface area contributed by atoms with Gasteiger partial charge in [-0.1, -0.05) is 35.6 Å². The Bertz CT molecular complexity index is 1890. The molecule has 2 aromatic carbocycles. The van der Waals surface area contributed by atoms with Crippen LogP contribution in [-0.2, 0) is 4.74 Å². The molecule has 0 radical (unpaired) electrons. The maximum absolute atomic E-state index is 14.6. The minimum atomic E-state index is -0.841. The number of anilines is 3. The van der Waals surface area contributed by atoms with E-state index in [4.69, 9.17) is 29.2 Å². The first-order valence-corrected chi connectivity index (χ1v) is 18.1. The highest BCUT2D eigenvalue weighted by Gasteiger charge is 2.50. The summed E-state index contributed by atoms with van der Waals surface area (Å²) in [5.41, 5.74) is 0.780. The molecular formula is C36H44FN7O4S. The quantitative estimate of drug-likeness (QED) is 0.212. The van der Waals surface area contributed by atoms with Crippen molar-refractivity contribution in [3.63, 3.8) is 0 Å². The minimum absolute atomic E-state index is 0.00202. The molecule has 2 unspecified atom stereocenters. The summed E-state index contributed by atoms with van der Waals surface area (Å²) < 4.78 is 32.4. The van der Waals surface area contributed by atoms with Gasteiger partial charge in [0.15, 0.2) is 15.8 Å². The summed E-state index contributed by atoms with van der Waals surface area (Å²) in [7, 11) is 3.68. The minimum Gasteiger partial charge on any atom is -0.497 e. The molecule has 11 nitrogen and oxygen atoms in total. The van der Waals surface area contributed by atoms with E-state index in [0.29, 0.717) is 48.8 Å². The number of hydrogen-bond donors (Lipinski definition) is 0. The fourth-order valence-corrected chi connectivity index (χ4v) is 9.21. The number of hydrogen-bond acceptors (Lipinski definition) is 11. The van der Waals surface area contributed by atoms with Gasteiger partial charge in [0.2, 0.25) is 0 Å². The Balaban J connectivity index is 1.16. The van der Waals surface area contributed by atoms with Crippen LogP contribution in [0.5, 0.6) is 11.8 Å². The Morgan fingerprint density at radius 2 is 1.88 bits per heavy atom. The number of halogens is 1. The van der Waals surface area contributed by atoms with Crippen LogP contribution in [0.15, 0.2) is 36.4 Å². The summed E-state index contributed by atoms with van der Waals surface area (Å²) in [6.45, 7) is 8.60. The van der Waals surface area contributed by atoms with Gasteiger partial charge in [-0.3, -0.25) is 9.80 Å². The first-order chi connectivity index (χ1) is 23.5. The fourth-order valence-electron chi connectivity index (χ4n) is 8.30. The number of nitrogens with zero attached hydrogens (tertiary/aromatic N) is 7. The van der Waals surface area contributed by atoms with Crippen molar-refractivity contribution in [2.45, 2.75) is 82.3 Å². The number of fused-ring (bicyclic) bond motifs is 5. The van der Waals surface area contributed by atoms with Crippen LogP contribution in [0.2, 0.25) is 0 Å². The average Bonchev–Trinajstić information content (AvgIpc) is 3.81. The van der Waals surface area contributed by atoms with Crippen molar-refractivity contribution < 1.29 is 23.4 Å². The van der Waals surface area contributed by atoms with E-state index < -0.39 is 11.8 Å². The maximum Gasteiger partial charge on any atom is 0.410 e. The highest BCUT2D eigenvalue weighted by Crippen LogP contribution is 2.43. The number of carbonyl (C=O) groups is 1. The van der Waals surface area contributed by atoms with E-state index in [1.165, 1.54) is 11.3 Å². The molecule has 2 bridgehead atoms. The molecule has 4 aliphatic heterocycles. The first kappa shape index (κ1) is 32.2. The summed E-state index contributed by atoms with van der Waals surface area (Å²) in [6, 6.07) is 12.6. The predicted molar refractivity (Wildman–Crippen MR) is 189 cm³/mol. The molecule has 4 saturated heterocycles. The summed E-state index contributed by atoms with van der Waals surface area (Å²) in [4.78, 5) is 37.5. The monoisotopic (exact) mass is 689 g/mol. The second-order valence-corrected chi connectivity index (χ2v) is 15.9. The van der Waals surface area contributed by atoms with Crippen LogP contribution >= 0.6 is 11.3 Å². The Kier molecular flexibility index (Phi) is 7.97. The Hall–Kier alpha value is -3.97. The van der Waals surface area contributed by atoms with Gasteiger partial charge in [-0.2, -0.15) is 9.97 Å². The first-order valence-electron chi connectivity index (χ1n) is 17.3. The molecule has 4 aromatic rings. The van der Waals surface area contributed by atoms with Gasteiger partial charge in [0, 0.05) is 44.6 Å². The van der Waals surface area contributed by atoms with Gasteiger partial charge in [-0.25, -0.2) is 14.2 Å². The molecule has 4 atom stereocenters. The maximum atomic E-state index is 14.6. The van der Waals surface area contributed by atoms with Gasteiger partial charge in [0.25, 0.3) is 0 Å². The SMILES string of the molecule is COc1cc(N(C)c2nc3c(N4CC5CCC(C4)N5C(=O)OC(C)(C)C)nc(OC[C@@]45CCCN4C[C@H](F)C5)nc3s2)c2ccccc2c1. The van der Waals surface area contributed by atoms with Crippen molar-refractivity contribution in [3.05, 3.63) is 36.4 Å². The van der Waals surface area contributed by atoms with Gasteiger partial charge in [-0.15, -0.1) is 0 Å². The van der Waals surface area contributed by atoms with E-state index in [1.807, 2.05) is 57.0 Å². The highest BCUT2D eigenvalue weighted by atomic mass is 32.1. The van der Waals surface area contributed by atoms with E-state index >= 15 is 0 Å². The third-order valence-corrected chi connectivity index (χ3v) is 11.5. The lowest BCUT2D eigenvalue weighted by atomic mass is 9.95. The second kappa shape index (κ2) is 12.1. The number of benzene rings is 2. The molecule has 1 amide bonds. The molecule has 4 fully saturated rings. The normalized spacial score (nSPS) is 25.3. The van der Waals surface area contributed by atoms with Crippen LogP contribution in [0.4, 0.5) is 25.8 Å². The van der Waals surface area contributed by atoms with Crippen molar-refractivity contribution in [2.75, 3.05) is 56.7 Å². The predicted octanol–water partition coefficient (Wildman–Crippen LogP) is 6.56. The molecule has 4 aliphatic rings. The highest BCUT2D eigenvalue weighted by molar-refractivity contribution is 7.22. The molecule has 13 heteroatoms. The molecule has 49 heavy (non-hydrogen) atoms. The van der Waals surface area contributed by atoms with Crippen molar-refractivity contribution in [1.82, 2.24) is 24.8 Å². The van der Waals surface area contributed by atoms with Crippen molar-refractivity contribution in [2.24, 2.45) is 0 Å². The van der Waals surface area contributed by atoms with Gasteiger partial charge in [0.05, 0.1) is 30.4 Å². The summed E-state index contributed by atoms with van der Waals surface area (Å²) >= 11 is 1.48. The zero-order chi connectivity index (χ0) is 34.1. The topological polar surface area (TPSA) is 96.4 Å². The Morgan fingerprint density at radius 1 is 1.10 bits per heavy atom. The molecule has 0 aliphatic carbocycles. The van der Waals surface area contributed by atoms with Crippen molar-refractivity contribution in [3.8, 4) is 11.8 Å². The van der Waals surface area contributed by atoms with E-state index in [1.54, 1.807) is 7.11 Å². The lowest BCUT2D eigenvalue weighted by Gasteiger charge is -2.41. The third kappa shape index (κ3) is 5.88. The lowest BCUT2D eigenvalue weighted by molar-refractivity contribution is 0.0122. The van der Waals surface area contributed by atoms with Crippen LogP contribution < -0.4 is 19.3 Å². The number of piperazine rings is 1. The van der Waals surface area contributed by atoms with Gasteiger partial charge < -0.3 is 24.0 Å². The molecule has 0 N–H and O–H groups in total. The smallest absolute Gasteiger partial charge is 0.410 e. The molecular weight excluding hydrogens is 646 g/mol. The third-order valence-electron chi connectivity index (χ3n) is 10.5. The van der Waals surface area contributed by atoms with Crippen molar-refractivity contribution >= 4 is 55.2 Å². The zero-order valence-corrected chi connectivity index (χ0v) is 29.6. The molecule has 0 saturated carbocycles. The van der Waals surface area contributed by atoms with Crippen LogP contribution in [-0.4, -0.2) is 107 Å².